The summed E-state index contributed by atoms with van der Waals surface area (Å²) in [6.07, 6.45) is -2.59. The molecule has 1 atom stereocenters. The Morgan fingerprint density at radius 1 is 1.33 bits per heavy atom. The molecule has 0 aromatic heterocycles. The number of hydrogen-bond donors (Lipinski definition) is 0. The smallest absolute Gasteiger partial charge is 0.166 e. The van der Waals surface area contributed by atoms with Gasteiger partial charge in [-0.05, 0) is 51.9 Å². The van der Waals surface area contributed by atoms with Gasteiger partial charge in [0, 0.05) is 4.47 Å². The van der Waals surface area contributed by atoms with E-state index in [-0.39, 0.29) is 4.47 Å². The Balaban J connectivity index is 2.56. The third-order valence-corrected chi connectivity index (χ3v) is 3.85. The van der Waals surface area contributed by atoms with Crippen LogP contribution in [0.1, 0.15) is 36.0 Å². The first-order chi connectivity index (χ1) is 6.91. The Morgan fingerprint density at radius 3 is 2.60 bits per heavy atom. The zero-order valence-electron chi connectivity index (χ0n) is 8.16. The quantitative estimate of drug-likeness (QED) is 0.655. The number of rotatable bonds is 0. The molecule has 0 radical (unpaired) electrons. The van der Waals surface area contributed by atoms with E-state index >= 15 is 0 Å². The molecule has 1 aliphatic carbocycles. The third-order valence-electron chi connectivity index (χ3n) is 2.94. The number of benzene rings is 1. The van der Waals surface area contributed by atoms with Crippen molar-refractivity contribution in [3.8, 4) is 0 Å². The van der Waals surface area contributed by atoms with Gasteiger partial charge in [0.2, 0.25) is 0 Å². The fraction of sp³-hybridized carbons (Fsp3) is 0.455. The molecule has 0 fully saturated rings. The van der Waals surface area contributed by atoms with Gasteiger partial charge < -0.3 is 0 Å². The fourth-order valence-corrected chi connectivity index (χ4v) is 2.87. The molecule has 1 aromatic carbocycles. The zero-order valence-corrected chi connectivity index (χ0v) is 9.74. The monoisotopic (exact) mass is 278 g/mol. The maximum Gasteiger partial charge on any atom is 0.417 e. The van der Waals surface area contributed by atoms with E-state index in [4.69, 9.17) is 0 Å². The zero-order chi connectivity index (χ0) is 11.2. The lowest BCUT2D eigenvalue weighted by Gasteiger charge is -2.13. The summed E-state index contributed by atoms with van der Waals surface area (Å²) < 4.78 is 38.0. The maximum absolute atomic E-state index is 12.6. The van der Waals surface area contributed by atoms with E-state index in [9.17, 15) is 13.2 Å². The van der Waals surface area contributed by atoms with Gasteiger partial charge >= 0.3 is 6.18 Å². The predicted octanol–water partition coefficient (Wildman–Crippen LogP) is 4.52. The van der Waals surface area contributed by atoms with E-state index in [1.165, 1.54) is 6.07 Å². The van der Waals surface area contributed by atoms with Crippen molar-refractivity contribution in [3.05, 3.63) is 33.3 Å². The second-order valence-electron chi connectivity index (χ2n) is 3.93. The van der Waals surface area contributed by atoms with Gasteiger partial charge in [-0.2, -0.15) is 13.2 Å². The van der Waals surface area contributed by atoms with Crippen molar-refractivity contribution < 1.29 is 13.2 Å². The Labute approximate surface area is 94.6 Å². The van der Waals surface area contributed by atoms with Gasteiger partial charge in [-0.1, -0.05) is 13.0 Å². The topological polar surface area (TPSA) is 0 Å². The molecule has 0 nitrogen and oxygen atoms in total. The standard InChI is InChI=1S/C11H10BrF3/c1-6-2-3-8-7(6)4-5-9(10(8)12)11(13,14)15/h4-6H,2-3H2,1H3. The van der Waals surface area contributed by atoms with Crippen LogP contribution in [0.3, 0.4) is 0 Å². The SMILES string of the molecule is CC1CCc2c1ccc(C(F)(F)F)c2Br. The summed E-state index contributed by atoms with van der Waals surface area (Å²) in [4.78, 5) is 0. The first-order valence-corrected chi connectivity index (χ1v) is 5.59. The van der Waals surface area contributed by atoms with Crippen LogP contribution in [0.15, 0.2) is 16.6 Å². The van der Waals surface area contributed by atoms with Crippen LogP contribution in [-0.4, -0.2) is 0 Å². The van der Waals surface area contributed by atoms with E-state index in [1.807, 2.05) is 6.92 Å². The van der Waals surface area contributed by atoms with Crippen molar-refractivity contribution in [1.29, 1.82) is 0 Å². The molecule has 1 aromatic rings. The molecular weight excluding hydrogens is 269 g/mol. The van der Waals surface area contributed by atoms with Crippen LogP contribution < -0.4 is 0 Å². The highest BCUT2D eigenvalue weighted by Crippen LogP contribution is 2.43. The normalized spacial score (nSPS) is 20.5. The molecule has 15 heavy (non-hydrogen) atoms. The first-order valence-electron chi connectivity index (χ1n) is 4.79. The van der Waals surface area contributed by atoms with E-state index in [2.05, 4.69) is 15.9 Å². The Morgan fingerprint density at radius 2 is 2.00 bits per heavy atom. The van der Waals surface area contributed by atoms with E-state index in [0.29, 0.717) is 5.92 Å². The Bertz CT molecular complexity index is 396. The summed E-state index contributed by atoms with van der Waals surface area (Å²) in [5.41, 5.74) is 1.32. The lowest BCUT2D eigenvalue weighted by Crippen LogP contribution is -2.07. The highest BCUT2D eigenvalue weighted by molar-refractivity contribution is 9.10. The largest absolute Gasteiger partial charge is 0.417 e. The van der Waals surface area contributed by atoms with E-state index < -0.39 is 11.7 Å². The highest BCUT2D eigenvalue weighted by atomic mass is 79.9. The van der Waals surface area contributed by atoms with Crippen LogP contribution in [0.4, 0.5) is 13.2 Å². The van der Waals surface area contributed by atoms with Crippen molar-refractivity contribution in [2.45, 2.75) is 31.9 Å². The summed E-state index contributed by atoms with van der Waals surface area (Å²) in [6.45, 7) is 2.05. The molecule has 0 aliphatic heterocycles. The minimum absolute atomic E-state index is 0.233. The van der Waals surface area contributed by atoms with Crippen molar-refractivity contribution in [2.75, 3.05) is 0 Å². The lowest BCUT2D eigenvalue weighted by atomic mass is 10.0. The third kappa shape index (κ3) is 1.80. The number of fused-ring (bicyclic) bond motifs is 1. The molecule has 1 aliphatic rings. The minimum Gasteiger partial charge on any atom is -0.166 e. The van der Waals surface area contributed by atoms with Gasteiger partial charge in [0.25, 0.3) is 0 Å². The van der Waals surface area contributed by atoms with E-state index in [0.717, 1.165) is 24.0 Å². The maximum atomic E-state index is 12.6. The molecule has 0 amide bonds. The van der Waals surface area contributed by atoms with Crippen LogP contribution >= 0.6 is 15.9 Å². The van der Waals surface area contributed by atoms with Gasteiger partial charge in [-0.15, -0.1) is 0 Å². The molecule has 1 unspecified atom stereocenters. The van der Waals surface area contributed by atoms with Gasteiger partial charge in [0.05, 0.1) is 5.56 Å². The van der Waals surface area contributed by atoms with Crippen LogP contribution in [0.25, 0.3) is 0 Å². The average molecular weight is 279 g/mol. The fourth-order valence-electron chi connectivity index (χ4n) is 2.09. The molecule has 0 N–H and O–H groups in total. The Kier molecular flexibility index (Phi) is 2.57. The summed E-state index contributed by atoms with van der Waals surface area (Å²) in [5.74, 6) is 0.374. The lowest BCUT2D eigenvalue weighted by molar-refractivity contribution is -0.138. The Hall–Kier alpha value is -0.510. The van der Waals surface area contributed by atoms with Crippen molar-refractivity contribution in [1.82, 2.24) is 0 Å². The summed E-state index contributed by atoms with van der Waals surface area (Å²) in [7, 11) is 0. The summed E-state index contributed by atoms with van der Waals surface area (Å²) in [5, 5.41) is 0. The molecule has 0 heterocycles. The van der Waals surface area contributed by atoms with E-state index in [1.54, 1.807) is 6.07 Å². The number of halogens is 4. The van der Waals surface area contributed by atoms with Crippen LogP contribution in [0.2, 0.25) is 0 Å². The summed E-state index contributed by atoms with van der Waals surface area (Å²) >= 11 is 3.08. The van der Waals surface area contributed by atoms with Gasteiger partial charge in [-0.3, -0.25) is 0 Å². The molecule has 0 bridgehead atoms. The molecule has 82 valence electrons. The number of hydrogen-bond acceptors (Lipinski definition) is 0. The molecule has 0 spiro atoms. The van der Waals surface area contributed by atoms with Gasteiger partial charge in [0.1, 0.15) is 0 Å². The molecule has 0 saturated carbocycles. The minimum atomic E-state index is -4.26. The van der Waals surface area contributed by atoms with Crippen LogP contribution in [0.5, 0.6) is 0 Å². The first kappa shape index (κ1) is 11.0. The number of alkyl halides is 3. The van der Waals surface area contributed by atoms with Crippen molar-refractivity contribution >= 4 is 15.9 Å². The van der Waals surface area contributed by atoms with Crippen molar-refractivity contribution in [3.63, 3.8) is 0 Å². The van der Waals surface area contributed by atoms with Crippen LogP contribution in [-0.2, 0) is 12.6 Å². The van der Waals surface area contributed by atoms with Crippen LogP contribution in [0, 0.1) is 0 Å². The molecule has 2 rings (SSSR count). The van der Waals surface area contributed by atoms with Gasteiger partial charge in [0.15, 0.2) is 0 Å². The highest BCUT2D eigenvalue weighted by Gasteiger charge is 2.35. The molecule has 0 saturated heterocycles. The predicted molar refractivity (Wildman–Crippen MR) is 55.9 cm³/mol. The van der Waals surface area contributed by atoms with Gasteiger partial charge in [-0.25, -0.2) is 0 Å². The second-order valence-corrected chi connectivity index (χ2v) is 4.73. The molecular formula is C11H10BrF3. The van der Waals surface area contributed by atoms with Crippen molar-refractivity contribution in [2.24, 2.45) is 0 Å². The second kappa shape index (κ2) is 3.51. The molecule has 4 heteroatoms. The summed E-state index contributed by atoms with van der Waals surface area (Å²) in [6, 6.07) is 2.78. The average Bonchev–Trinajstić information content (AvgIpc) is 2.47.